The van der Waals surface area contributed by atoms with Crippen LogP contribution in [-0.2, 0) is 6.54 Å². The molecule has 2 heterocycles. The second-order valence-electron chi connectivity index (χ2n) is 5.62. The summed E-state index contributed by atoms with van der Waals surface area (Å²) in [5, 5.41) is 6.33. The van der Waals surface area contributed by atoms with Gasteiger partial charge in [-0.2, -0.15) is 0 Å². The van der Waals surface area contributed by atoms with Gasteiger partial charge in [0.2, 0.25) is 5.95 Å². The third kappa shape index (κ3) is 4.16. The van der Waals surface area contributed by atoms with Gasteiger partial charge in [-0.15, -0.1) is 0 Å². The van der Waals surface area contributed by atoms with Gasteiger partial charge in [0.15, 0.2) is 0 Å². The van der Waals surface area contributed by atoms with Crippen molar-refractivity contribution in [2.24, 2.45) is 0 Å². The van der Waals surface area contributed by atoms with Gasteiger partial charge in [0, 0.05) is 12.4 Å². The summed E-state index contributed by atoms with van der Waals surface area (Å²) < 4.78 is 5.22. The number of aromatic nitrogens is 2. The second-order valence-corrected chi connectivity index (χ2v) is 6.03. The fraction of sp³-hybridized carbons (Fsp3) is 0.167. The van der Waals surface area contributed by atoms with Crippen LogP contribution in [0.1, 0.15) is 27.2 Å². The van der Waals surface area contributed by atoms with Gasteiger partial charge >= 0.3 is 0 Å². The lowest BCUT2D eigenvalue weighted by atomic mass is 10.1. The van der Waals surface area contributed by atoms with Crippen molar-refractivity contribution in [3.05, 3.63) is 70.4 Å². The largest absolute Gasteiger partial charge is 0.467 e. The molecule has 0 radical (unpaired) electrons. The van der Waals surface area contributed by atoms with E-state index in [0.717, 1.165) is 16.9 Å². The number of hydrogen-bond donors (Lipinski definition) is 2. The van der Waals surface area contributed by atoms with Crippen molar-refractivity contribution >= 4 is 29.1 Å². The highest BCUT2D eigenvalue weighted by molar-refractivity contribution is 6.34. The molecule has 3 aromatic rings. The first kappa shape index (κ1) is 17.0. The number of hydrogen-bond acceptors (Lipinski definition) is 5. The molecule has 2 aromatic heterocycles. The van der Waals surface area contributed by atoms with Crippen LogP contribution in [0.2, 0.25) is 5.02 Å². The first-order chi connectivity index (χ1) is 12.0. The number of benzene rings is 1. The standard InChI is InChI=1S/C18H17ClN4O2/c1-11-6-12(2)16(15(19)7-11)23-17(24)13-8-20-18(21-9-13)22-10-14-4-3-5-25-14/h3-9H,10H2,1-2H3,(H,23,24)(H,20,21,22). The van der Waals surface area contributed by atoms with E-state index in [1.165, 1.54) is 12.4 Å². The zero-order chi connectivity index (χ0) is 17.8. The van der Waals surface area contributed by atoms with Crippen molar-refractivity contribution in [3.63, 3.8) is 0 Å². The van der Waals surface area contributed by atoms with Gasteiger partial charge < -0.3 is 15.1 Å². The average molecular weight is 357 g/mol. The zero-order valence-corrected chi connectivity index (χ0v) is 14.6. The number of nitrogens with zero attached hydrogens (tertiary/aromatic N) is 2. The van der Waals surface area contributed by atoms with Crippen LogP contribution in [0.4, 0.5) is 11.6 Å². The smallest absolute Gasteiger partial charge is 0.258 e. The van der Waals surface area contributed by atoms with E-state index in [4.69, 9.17) is 16.0 Å². The Balaban J connectivity index is 1.66. The van der Waals surface area contributed by atoms with E-state index in [9.17, 15) is 4.79 Å². The first-order valence-corrected chi connectivity index (χ1v) is 8.07. The van der Waals surface area contributed by atoms with Crippen LogP contribution in [-0.4, -0.2) is 15.9 Å². The van der Waals surface area contributed by atoms with Crippen LogP contribution >= 0.6 is 11.6 Å². The summed E-state index contributed by atoms with van der Waals surface area (Å²) in [7, 11) is 0. The number of carbonyl (C=O) groups is 1. The fourth-order valence-corrected chi connectivity index (χ4v) is 2.74. The molecule has 6 nitrogen and oxygen atoms in total. The Hall–Kier alpha value is -2.86. The monoisotopic (exact) mass is 356 g/mol. The second kappa shape index (κ2) is 7.36. The molecule has 128 valence electrons. The molecule has 7 heteroatoms. The number of anilines is 2. The van der Waals surface area contributed by atoms with Crippen LogP contribution in [0.25, 0.3) is 0 Å². The molecule has 0 atom stereocenters. The minimum absolute atomic E-state index is 0.313. The van der Waals surface area contributed by atoms with Crippen LogP contribution in [0.15, 0.2) is 47.3 Å². The van der Waals surface area contributed by atoms with Crippen LogP contribution in [0.5, 0.6) is 0 Å². The number of amides is 1. The van der Waals surface area contributed by atoms with Crippen molar-refractivity contribution in [1.29, 1.82) is 0 Å². The van der Waals surface area contributed by atoms with Gasteiger partial charge in [-0.1, -0.05) is 17.7 Å². The zero-order valence-electron chi connectivity index (χ0n) is 13.8. The Morgan fingerprint density at radius 2 is 2.00 bits per heavy atom. The summed E-state index contributed by atoms with van der Waals surface area (Å²) in [4.78, 5) is 20.7. The van der Waals surface area contributed by atoms with Gasteiger partial charge in [-0.25, -0.2) is 9.97 Å². The van der Waals surface area contributed by atoms with Crippen molar-refractivity contribution < 1.29 is 9.21 Å². The summed E-state index contributed by atoms with van der Waals surface area (Å²) >= 11 is 6.22. The molecule has 2 N–H and O–H groups in total. The molecule has 25 heavy (non-hydrogen) atoms. The van der Waals surface area contributed by atoms with Gasteiger partial charge in [0.25, 0.3) is 5.91 Å². The average Bonchev–Trinajstić information content (AvgIpc) is 3.10. The summed E-state index contributed by atoms with van der Waals surface area (Å²) in [6.45, 7) is 4.32. The molecular weight excluding hydrogens is 340 g/mol. The molecule has 0 saturated heterocycles. The maximum Gasteiger partial charge on any atom is 0.258 e. The topological polar surface area (TPSA) is 80.0 Å². The highest BCUT2D eigenvalue weighted by atomic mass is 35.5. The van der Waals surface area contributed by atoms with Crippen molar-refractivity contribution in [2.75, 3.05) is 10.6 Å². The Morgan fingerprint density at radius 3 is 2.64 bits per heavy atom. The molecule has 0 aliphatic rings. The van der Waals surface area contributed by atoms with E-state index in [-0.39, 0.29) is 5.91 Å². The Kier molecular flexibility index (Phi) is 5.00. The number of carbonyl (C=O) groups excluding carboxylic acids is 1. The summed E-state index contributed by atoms with van der Waals surface area (Å²) in [6, 6.07) is 7.42. The molecule has 3 rings (SSSR count). The third-order valence-electron chi connectivity index (χ3n) is 3.59. The molecule has 0 fully saturated rings. The van der Waals surface area contributed by atoms with E-state index < -0.39 is 0 Å². The van der Waals surface area contributed by atoms with E-state index in [1.54, 1.807) is 6.26 Å². The van der Waals surface area contributed by atoms with Crippen LogP contribution in [0, 0.1) is 13.8 Å². The lowest BCUT2D eigenvalue weighted by Crippen LogP contribution is -2.14. The van der Waals surface area contributed by atoms with Crippen LogP contribution < -0.4 is 10.6 Å². The minimum Gasteiger partial charge on any atom is -0.467 e. The Labute approximate surface area is 150 Å². The highest BCUT2D eigenvalue weighted by Crippen LogP contribution is 2.27. The SMILES string of the molecule is Cc1cc(C)c(NC(=O)c2cnc(NCc3ccco3)nc2)c(Cl)c1. The number of halogens is 1. The van der Waals surface area contributed by atoms with Crippen molar-refractivity contribution in [3.8, 4) is 0 Å². The Morgan fingerprint density at radius 1 is 1.24 bits per heavy atom. The van der Waals surface area contributed by atoms with E-state index in [0.29, 0.717) is 28.8 Å². The van der Waals surface area contributed by atoms with Crippen molar-refractivity contribution in [1.82, 2.24) is 9.97 Å². The van der Waals surface area contributed by atoms with E-state index in [2.05, 4.69) is 20.6 Å². The first-order valence-electron chi connectivity index (χ1n) is 7.69. The van der Waals surface area contributed by atoms with Gasteiger partial charge in [-0.05, 0) is 43.2 Å². The maximum absolute atomic E-state index is 12.4. The molecule has 0 saturated carbocycles. The summed E-state index contributed by atoms with van der Waals surface area (Å²) in [6.07, 6.45) is 4.53. The Bertz CT molecular complexity index is 854. The number of rotatable bonds is 5. The highest BCUT2D eigenvalue weighted by Gasteiger charge is 2.12. The number of aryl methyl sites for hydroxylation is 2. The molecule has 1 amide bonds. The molecule has 0 unspecified atom stereocenters. The molecule has 0 aliphatic heterocycles. The fourth-order valence-electron chi connectivity index (χ4n) is 2.38. The number of nitrogens with one attached hydrogen (secondary N) is 2. The third-order valence-corrected chi connectivity index (χ3v) is 3.88. The van der Waals surface area contributed by atoms with E-state index in [1.807, 2.05) is 38.1 Å². The van der Waals surface area contributed by atoms with Gasteiger partial charge in [0.05, 0.1) is 29.1 Å². The number of furan rings is 1. The lowest BCUT2D eigenvalue weighted by molar-refractivity contribution is 0.102. The molecule has 0 bridgehead atoms. The predicted molar refractivity (Wildman–Crippen MR) is 96.9 cm³/mol. The normalized spacial score (nSPS) is 10.5. The molecular formula is C18H17ClN4O2. The quantitative estimate of drug-likeness (QED) is 0.716. The lowest BCUT2D eigenvalue weighted by Gasteiger charge is -2.11. The predicted octanol–water partition coefficient (Wildman–Crippen LogP) is 4.20. The maximum atomic E-state index is 12.4. The summed E-state index contributed by atoms with van der Waals surface area (Å²) in [5.41, 5.74) is 2.88. The molecule has 0 spiro atoms. The van der Waals surface area contributed by atoms with Gasteiger partial charge in [-0.3, -0.25) is 4.79 Å². The van der Waals surface area contributed by atoms with Crippen molar-refractivity contribution in [2.45, 2.75) is 20.4 Å². The summed E-state index contributed by atoms with van der Waals surface area (Å²) in [5.74, 6) is 0.874. The van der Waals surface area contributed by atoms with Crippen LogP contribution in [0.3, 0.4) is 0 Å². The minimum atomic E-state index is -0.313. The molecule has 0 aliphatic carbocycles. The molecule has 1 aromatic carbocycles. The van der Waals surface area contributed by atoms with Gasteiger partial charge in [0.1, 0.15) is 5.76 Å². The van der Waals surface area contributed by atoms with E-state index >= 15 is 0 Å².